The lowest BCUT2D eigenvalue weighted by Crippen LogP contribution is -2.08. The van der Waals surface area contributed by atoms with E-state index in [1.165, 1.54) is 0 Å². The zero-order chi connectivity index (χ0) is 11.5. The zero-order valence-electron chi connectivity index (χ0n) is 8.27. The van der Waals surface area contributed by atoms with Gasteiger partial charge in [0.1, 0.15) is 5.04 Å². The van der Waals surface area contributed by atoms with Gasteiger partial charge in [-0.2, -0.15) is 10.2 Å². The fraction of sp³-hybridized carbons (Fsp3) is 0. The molecule has 80 valence electrons. The van der Waals surface area contributed by atoms with Crippen LogP contribution in [0.15, 0.2) is 30.6 Å². The van der Waals surface area contributed by atoms with Crippen LogP contribution >= 0.6 is 11.8 Å². The van der Waals surface area contributed by atoms with E-state index in [2.05, 4.69) is 10.2 Å². The molecule has 2 aromatic rings. The highest BCUT2D eigenvalue weighted by atomic mass is 32.2. The van der Waals surface area contributed by atoms with E-state index >= 15 is 0 Å². The van der Waals surface area contributed by atoms with Crippen LogP contribution in [-0.2, 0) is 0 Å². The Balaban J connectivity index is 2.52. The summed E-state index contributed by atoms with van der Waals surface area (Å²) in [5, 5.41) is 24.5. The number of hydrogen-bond acceptors (Lipinski definition) is 5. The van der Waals surface area contributed by atoms with Crippen LogP contribution in [0.25, 0.3) is 10.8 Å². The molecule has 0 radical (unpaired) electrons. The van der Waals surface area contributed by atoms with E-state index in [1.807, 2.05) is 18.2 Å². The molecule has 4 N–H and O–H groups in total. The molecule has 0 fully saturated rings. The van der Waals surface area contributed by atoms with Crippen molar-refractivity contribution in [3.63, 3.8) is 0 Å². The molecule has 0 aliphatic heterocycles. The summed E-state index contributed by atoms with van der Waals surface area (Å²) in [6.07, 6.45) is 3.25. The molecule has 5 nitrogen and oxygen atoms in total. The average molecular weight is 231 g/mol. The number of aromatic nitrogens is 2. The van der Waals surface area contributed by atoms with Gasteiger partial charge in [0.05, 0.1) is 12.4 Å². The molecule has 2 rings (SSSR count). The third-order valence-electron chi connectivity index (χ3n) is 2.05. The SMILES string of the molecule is N=C(N)SC(=N)c1cccc2cnncc12. The fourth-order valence-electron chi connectivity index (χ4n) is 1.39. The Bertz CT molecular complexity index is 561. The number of nitrogens with two attached hydrogens (primary N) is 1. The number of fused-ring (bicyclic) bond motifs is 1. The molecule has 1 heterocycles. The van der Waals surface area contributed by atoms with E-state index < -0.39 is 0 Å². The molecule has 0 saturated carbocycles. The molecule has 0 spiro atoms. The Kier molecular flexibility index (Phi) is 2.82. The first-order chi connectivity index (χ1) is 7.68. The van der Waals surface area contributed by atoms with E-state index in [-0.39, 0.29) is 10.2 Å². The van der Waals surface area contributed by atoms with Crippen LogP contribution in [0.3, 0.4) is 0 Å². The van der Waals surface area contributed by atoms with Gasteiger partial charge in [-0.3, -0.25) is 10.8 Å². The highest BCUT2D eigenvalue weighted by molar-refractivity contribution is 8.26. The van der Waals surface area contributed by atoms with Gasteiger partial charge in [0.15, 0.2) is 5.17 Å². The molecule has 1 aromatic heterocycles. The lowest BCUT2D eigenvalue weighted by atomic mass is 10.1. The molecular weight excluding hydrogens is 222 g/mol. The van der Waals surface area contributed by atoms with Gasteiger partial charge in [0.2, 0.25) is 0 Å². The zero-order valence-corrected chi connectivity index (χ0v) is 9.08. The van der Waals surface area contributed by atoms with Gasteiger partial charge < -0.3 is 5.73 Å². The minimum absolute atomic E-state index is 0.0935. The molecule has 1 aromatic carbocycles. The number of benzene rings is 1. The minimum atomic E-state index is -0.0935. The summed E-state index contributed by atoms with van der Waals surface area (Å²) >= 11 is 0.919. The molecule has 0 saturated heterocycles. The molecule has 0 aliphatic rings. The number of thioether (sulfide) groups is 1. The quantitative estimate of drug-likeness (QED) is 0.512. The van der Waals surface area contributed by atoms with Crippen LogP contribution < -0.4 is 5.73 Å². The predicted octanol–water partition coefficient (Wildman–Crippen LogP) is 1.58. The average Bonchev–Trinajstić information content (AvgIpc) is 2.27. The highest BCUT2D eigenvalue weighted by Gasteiger charge is 2.08. The molecule has 0 bridgehead atoms. The Morgan fingerprint density at radius 3 is 2.69 bits per heavy atom. The third kappa shape index (κ3) is 2.01. The van der Waals surface area contributed by atoms with E-state index in [9.17, 15) is 0 Å². The van der Waals surface area contributed by atoms with Crippen molar-refractivity contribution < 1.29 is 0 Å². The molecular formula is C10H9N5S. The second-order valence-corrected chi connectivity index (χ2v) is 4.15. The standard InChI is InChI=1S/C10H9N5S/c11-9(16-10(12)13)7-3-1-2-6-4-14-15-5-8(6)7/h1-5,11H,(H3,12,13). The van der Waals surface area contributed by atoms with Crippen molar-refractivity contribution in [3.05, 3.63) is 36.2 Å². The monoisotopic (exact) mass is 231 g/mol. The topological polar surface area (TPSA) is 99.5 Å². The van der Waals surface area contributed by atoms with E-state index in [4.69, 9.17) is 16.6 Å². The van der Waals surface area contributed by atoms with Crippen molar-refractivity contribution in [2.24, 2.45) is 5.73 Å². The normalized spacial score (nSPS) is 10.2. The number of hydrogen-bond donors (Lipinski definition) is 3. The Hall–Kier alpha value is -1.95. The van der Waals surface area contributed by atoms with Crippen LogP contribution in [0.5, 0.6) is 0 Å². The maximum absolute atomic E-state index is 7.84. The van der Waals surface area contributed by atoms with Gasteiger partial charge in [0, 0.05) is 16.3 Å². The summed E-state index contributed by atoms with van der Waals surface area (Å²) in [4.78, 5) is 0. The predicted molar refractivity (Wildman–Crippen MR) is 65.9 cm³/mol. The molecule has 0 aliphatic carbocycles. The first kappa shape index (κ1) is 10.6. The lowest BCUT2D eigenvalue weighted by molar-refractivity contribution is 1.05. The first-order valence-corrected chi connectivity index (χ1v) is 5.30. The third-order valence-corrected chi connectivity index (χ3v) is 2.69. The van der Waals surface area contributed by atoms with Crippen LogP contribution in [-0.4, -0.2) is 20.4 Å². The van der Waals surface area contributed by atoms with Crippen LogP contribution in [0.2, 0.25) is 0 Å². The largest absolute Gasteiger partial charge is 0.378 e. The summed E-state index contributed by atoms with van der Waals surface area (Å²) in [6, 6.07) is 5.55. The number of amidine groups is 1. The Morgan fingerprint density at radius 1 is 1.19 bits per heavy atom. The van der Waals surface area contributed by atoms with Crippen LogP contribution in [0.1, 0.15) is 5.56 Å². The van der Waals surface area contributed by atoms with Gasteiger partial charge in [0.25, 0.3) is 0 Å². The Labute approximate surface area is 96.1 Å². The minimum Gasteiger partial charge on any atom is -0.378 e. The van der Waals surface area contributed by atoms with Gasteiger partial charge in [-0.1, -0.05) is 18.2 Å². The van der Waals surface area contributed by atoms with Crippen molar-refractivity contribution >= 4 is 32.7 Å². The maximum atomic E-state index is 7.84. The summed E-state index contributed by atoms with van der Waals surface area (Å²) in [7, 11) is 0. The van der Waals surface area contributed by atoms with Gasteiger partial charge >= 0.3 is 0 Å². The second-order valence-electron chi connectivity index (χ2n) is 3.09. The summed E-state index contributed by atoms with van der Waals surface area (Å²) in [5.41, 5.74) is 5.97. The second kappa shape index (κ2) is 4.28. The lowest BCUT2D eigenvalue weighted by Gasteiger charge is -2.05. The van der Waals surface area contributed by atoms with Crippen molar-refractivity contribution in [1.82, 2.24) is 10.2 Å². The highest BCUT2D eigenvalue weighted by Crippen LogP contribution is 2.21. The van der Waals surface area contributed by atoms with Gasteiger partial charge in [-0.05, 0) is 11.8 Å². The van der Waals surface area contributed by atoms with Gasteiger partial charge in [-0.15, -0.1) is 0 Å². The van der Waals surface area contributed by atoms with Crippen molar-refractivity contribution in [3.8, 4) is 0 Å². The van der Waals surface area contributed by atoms with E-state index in [1.54, 1.807) is 12.4 Å². The number of rotatable bonds is 1. The molecule has 6 heteroatoms. The van der Waals surface area contributed by atoms with Crippen LogP contribution in [0, 0.1) is 10.8 Å². The number of nitrogens with one attached hydrogen (secondary N) is 2. The van der Waals surface area contributed by atoms with E-state index in [0.29, 0.717) is 5.56 Å². The first-order valence-electron chi connectivity index (χ1n) is 4.48. The van der Waals surface area contributed by atoms with Crippen molar-refractivity contribution in [1.29, 1.82) is 10.8 Å². The molecule has 16 heavy (non-hydrogen) atoms. The van der Waals surface area contributed by atoms with E-state index in [0.717, 1.165) is 22.5 Å². The maximum Gasteiger partial charge on any atom is 0.157 e. The summed E-state index contributed by atoms with van der Waals surface area (Å²) in [6.45, 7) is 0. The smallest absolute Gasteiger partial charge is 0.157 e. The van der Waals surface area contributed by atoms with Crippen molar-refractivity contribution in [2.75, 3.05) is 0 Å². The summed E-state index contributed by atoms with van der Waals surface area (Å²) < 4.78 is 0. The fourth-order valence-corrected chi connectivity index (χ4v) is 1.90. The number of nitrogens with zero attached hydrogens (tertiary/aromatic N) is 2. The Morgan fingerprint density at radius 2 is 1.94 bits per heavy atom. The molecule has 0 atom stereocenters. The molecule has 0 amide bonds. The molecule has 0 unspecified atom stereocenters. The van der Waals surface area contributed by atoms with Gasteiger partial charge in [-0.25, -0.2) is 0 Å². The summed E-state index contributed by atoms with van der Waals surface area (Å²) in [5.74, 6) is 0. The van der Waals surface area contributed by atoms with Crippen LogP contribution in [0.4, 0.5) is 0 Å². The van der Waals surface area contributed by atoms with Crippen molar-refractivity contribution in [2.45, 2.75) is 0 Å².